The van der Waals surface area contributed by atoms with Crippen molar-refractivity contribution in [3.8, 4) is 17.1 Å². The number of hydrogen-bond acceptors (Lipinski definition) is 4. The molecule has 1 aromatic heterocycles. The third-order valence-electron chi connectivity index (χ3n) is 4.40. The molecule has 3 rings (SSSR count). The number of nitrogens with zero attached hydrogens (tertiary/aromatic N) is 2. The Balaban J connectivity index is 2.17. The van der Waals surface area contributed by atoms with Crippen LogP contribution in [0.1, 0.15) is 25.1 Å². The molecule has 0 spiro atoms. The molecule has 4 nitrogen and oxygen atoms in total. The summed E-state index contributed by atoms with van der Waals surface area (Å²) in [6.45, 7) is 11.1. The van der Waals surface area contributed by atoms with Crippen LogP contribution in [0.4, 0.5) is 10.2 Å². The van der Waals surface area contributed by atoms with Crippen molar-refractivity contribution in [3.63, 3.8) is 0 Å². The zero-order valence-electron chi connectivity index (χ0n) is 14.1. The van der Waals surface area contributed by atoms with Gasteiger partial charge in [-0.25, -0.2) is 14.4 Å². The van der Waals surface area contributed by atoms with Gasteiger partial charge in [-0.05, 0) is 47.2 Å². The molecule has 2 aromatic rings. The Kier molecular flexibility index (Phi) is 4.27. The van der Waals surface area contributed by atoms with E-state index in [1.807, 2.05) is 29.5 Å². The van der Waals surface area contributed by atoms with Gasteiger partial charge < -0.3 is 10.1 Å². The number of aryl methyl sites for hydroxylation is 1. The fourth-order valence-electron chi connectivity index (χ4n) is 2.82. The van der Waals surface area contributed by atoms with Crippen molar-refractivity contribution in [2.75, 3.05) is 19.0 Å². The number of benzene rings is 1. The largest absolute Gasteiger partial charge is 0.493 e. The highest BCUT2D eigenvalue weighted by molar-refractivity contribution is 14.1. The zero-order valence-corrected chi connectivity index (χ0v) is 16.3. The monoisotopic (exact) mass is 439 g/mol. The summed E-state index contributed by atoms with van der Waals surface area (Å²) in [4.78, 5) is 9.07. The molecule has 0 saturated heterocycles. The van der Waals surface area contributed by atoms with E-state index in [1.54, 1.807) is 12.1 Å². The van der Waals surface area contributed by atoms with Crippen LogP contribution in [0.15, 0.2) is 18.7 Å². The summed E-state index contributed by atoms with van der Waals surface area (Å²) < 4.78 is 20.6. The van der Waals surface area contributed by atoms with E-state index >= 15 is 0 Å². The van der Waals surface area contributed by atoms with E-state index in [1.165, 1.54) is 7.11 Å². The molecule has 0 fully saturated rings. The second-order valence-electron chi connectivity index (χ2n) is 6.51. The smallest absolute Gasteiger partial charge is 0.177 e. The first-order valence-corrected chi connectivity index (χ1v) is 8.68. The molecule has 0 aliphatic carbocycles. The molecule has 126 valence electrons. The average molecular weight is 439 g/mol. The second kappa shape index (κ2) is 5.98. The molecule has 1 aliphatic rings. The lowest BCUT2D eigenvalue weighted by Crippen LogP contribution is -2.31. The Morgan fingerprint density at radius 3 is 2.71 bits per heavy atom. The lowest BCUT2D eigenvalue weighted by Gasteiger charge is -2.35. The number of methoxy groups -OCH3 is 1. The van der Waals surface area contributed by atoms with Crippen molar-refractivity contribution >= 4 is 34.0 Å². The van der Waals surface area contributed by atoms with Gasteiger partial charge in [0.1, 0.15) is 5.82 Å². The van der Waals surface area contributed by atoms with Crippen molar-refractivity contribution in [3.05, 3.63) is 39.4 Å². The summed E-state index contributed by atoms with van der Waals surface area (Å²) in [5.41, 5.74) is 2.97. The van der Waals surface area contributed by atoms with E-state index in [2.05, 4.69) is 35.7 Å². The van der Waals surface area contributed by atoms with Gasteiger partial charge in [-0.15, -0.1) is 0 Å². The summed E-state index contributed by atoms with van der Waals surface area (Å²) in [6.07, 6.45) is 0. The summed E-state index contributed by atoms with van der Waals surface area (Å²) in [5.74, 6) is 0.821. The minimum atomic E-state index is -0.446. The van der Waals surface area contributed by atoms with Crippen LogP contribution in [0.5, 0.6) is 5.75 Å². The Morgan fingerprint density at radius 1 is 1.33 bits per heavy atom. The number of halogens is 2. The van der Waals surface area contributed by atoms with Gasteiger partial charge in [0.15, 0.2) is 17.4 Å². The van der Waals surface area contributed by atoms with Crippen LogP contribution >= 0.6 is 22.6 Å². The molecule has 24 heavy (non-hydrogen) atoms. The third-order valence-corrected chi connectivity index (χ3v) is 5.25. The normalized spacial score (nSPS) is 15.7. The van der Waals surface area contributed by atoms with Gasteiger partial charge in [-0.1, -0.05) is 20.4 Å². The van der Waals surface area contributed by atoms with Crippen LogP contribution in [-0.2, 0) is 0 Å². The van der Waals surface area contributed by atoms with E-state index in [-0.39, 0.29) is 11.2 Å². The Hall–Kier alpha value is -1.70. The van der Waals surface area contributed by atoms with Crippen LogP contribution in [0.2, 0.25) is 0 Å². The molecule has 0 unspecified atom stereocenters. The first-order chi connectivity index (χ1) is 11.3. The lowest BCUT2D eigenvalue weighted by atomic mass is 9.78. The van der Waals surface area contributed by atoms with Crippen molar-refractivity contribution in [1.82, 2.24) is 9.97 Å². The Morgan fingerprint density at radius 2 is 2.04 bits per heavy atom. The average Bonchev–Trinajstić information content (AvgIpc) is 2.51. The molecule has 0 amide bonds. The number of fused-ring (bicyclic) bond motifs is 1. The standard InChI is InChI=1S/C18H19FIN3O/c1-9-13-10(2)22-16(23-17(13)21-8-18(9,3)4)11-6-7-12(20)15(24-5)14(11)19/h6-7H,1,8H2,2-5H3,(H,21,22,23). The Labute approximate surface area is 154 Å². The number of nitrogens with one attached hydrogen (secondary N) is 1. The molecule has 1 N–H and O–H groups in total. The molecule has 1 aromatic carbocycles. The van der Waals surface area contributed by atoms with Crippen LogP contribution in [0.25, 0.3) is 17.0 Å². The molecule has 0 bridgehead atoms. The Bertz CT molecular complexity index is 849. The predicted molar refractivity (Wildman–Crippen MR) is 103 cm³/mol. The first kappa shape index (κ1) is 17.1. The maximum atomic E-state index is 14.7. The minimum Gasteiger partial charge on any atom is -0.493 e. The summed E-state index contributed by atoms with van der Waals surface area (Å²) in [7, 11) is 1.46. The highest BCUT2D eigenvalue weighted by Crippen LogP contribution is 2.42. The molecule has 0 saturated carbocycles. The molecule has 0 atom stereocenters. The first-order valence-electron chi connectivity index (χ1n) is 7.61. The van der Waals surface area contributed by atoms with Crippen LogP contribution < -0.4 is 10.1 Å². The predicted octanol–water partition coefficient (Wildman–Crippen LogP) is 4.67. The number of anilines is 1. The quantitative estimate of drug-likeness (QED) is 0.692. The lowest BCUT2D eigenvalue weighted by molar-refractivity contribution is 0.384. The van der Waals surface area contributed by atoms with Gasteiger partial charge in [0.2, 0.25) is 0 Å². The second-order valence-corrected chi connectivity index (χ2v) is 7.68. The number of ether oxygens (including phenoxy) is 1. The zero-order chi connectivity index (χ0) is 17.6. The van der Waals surface area contributed by atoms with Crippen molar-refractivity contribution in [2.45, 2.75) is 20.8 Å². The van der Waals surface area contributed by atoms with Crippen molar-refractivity contribution in [2.24, 2.45) is 5.41 Å². The van der Waals surface area contributed by atoms with Gasteiger partial charge in [0.05, 0.1) is 21.9 Å². The van der Waals surface area contributed by atoms with Crippen molar-refractivity contribution < 1.29 is 9.13 Å². The topological polar surface area (TPSA) is 47.0 Å². The van der Waals surface area contributed by atoms with E-state index in [4.69, 9.17) is 4.74 Å². The third kappa shape index (κ3) is 2.66. The fraction of sp³-hybridized carbons (Fsp3) is 0.333. The molecule has 0 radical (unpaired) electrons. The summed E-state index contributed by atoms with van der Waals surface area (Å²) >= 11 is 2.04. The number of hydrogen-bond donors (Lipinski definition) is 1. The van der Waals surface area contributed by atoms with Gasteiger partial charge in [-0.2, -0.15) is 0 Å². The fourth-order valence-corrected chi connectivity index (χ4v) is 3.46. The molecular weight excluding hydrogens is 420 g/mol. The van der Waals surface area contributed by atoms with Gasteiger partial charge in [0.25, 0.3) is 0 Å². The summed E-state index contributed by atoms with van der Waals surface area (Å²) in [5, 5.41) is 3.33. The SMILES string of the molecule is C=C1c2c(C)nc(-c3ccc(I)c(OC)c3F)nc2NCC1(C)C. The van der Waals surface area contributed by atoms with Gasteiger partial charge in [-0.3, -0.25) is 0 Å². The maximum Gasteiger partial charge on any atom is 0.177 e. The molecule has 6 heteroatoms. The highest BCUT2D eigenvalue weighted by Gasteiger charge is 2.32. The molecule has 1 aliphatic heterocycles. The maximum absolute atomic E-state index is 14.7. The van der Waals surface area contributed by atoms with E-state index in [0.717, 1.165) is 23.4 Å². The highest BCUT2D eigenvalue weighted by atomic mass is 127. The minimum absolute atomic E-state index is 0.0695. The van der Waals surface area contributed by atoms with Crippen molar-refractivity contribution in [1.29, 1.82) is 0 Å². The number of aromatic nitrogens is 2. The molecule has 2 heterocycles. The van der Waals surface area contributed by atoms with Gasteiger partial charge in [0, 0.05) is 17.5 Å². The molecular formula is C18H19FIN3O. The van der Waals surface area contributed by atoms with Crippen LogP contribution in [0.3, 0.4) is 0 Å². The van der Waals surface area contributed by atoms with Crippen LogP contribution in [0, 0.1) is 21.7 Å². The van der Waals surface area contributed by atoms with E-state index in [0.29, 0.717) is 20.8 Å². The van der Waals surface area contributed by atoms with E-state index in [9.17, 15) is 4.39 Å². The number of rotatable bonds is 2. The summed E-state index contributed by atoms with van der Waals surface area (Å²) in [6, 6.07) is 3.48. The van der Waals surface area contributed by atoms with E-state index < -0.39 is 5.82 Å². The van der Waals surface area contributed by atoms with Crippen LogP contribution in [-0.4, -0.2) is 23.6 Å². The van der Waals surface area contributed by atoms with Gasteiger partial charge >= 0.3 is 0 Å².